The van der Waals surface area contributed by atoms with E-state index < -0.39 is 11.9 Å². The first kappa shape index (κ1) is 24.3. The van der Waals surface area contributed by atoms with Gasteiger partial charge in [-0.2, -0.15) is 10.2 Å². The van der Waals surface area contributed by atoms with E-state index in [1.165, 1.54) is 6.07 Å². The molecule has 3 aromatic carbocycles. The molecule has 10 nitrogen and oxygen atoms in total. The Balaban J connectivity index is 1.66. The van der Waals surface area contributed by atoms with Gasteiger partial charge in [0.2, 0.25) is 0 Å². The number of allylic oxidation sites excluding steroid dienone is 2. The van der Waals surface area contributed by atoms with E-state index in [-0.39, 0.29) is 11.1 Å². The number of nitrogens with two attached hydrogens (primary N) is 2. The molecule has 0 heterocycles. The second kappa shape index (κ2) is 9.94. The van der Waals surface area contributed by atoms with E-state index in [9.17, 15) is 19.8 Å². The number of benzene rings is 3. The molecule has 38 heavy (non-hydrogen) atoms. The standard InChI is InChI=1S/C28H24N6O4/c29-33-25-18-10-6-14-22(32-20-12-4-2-8-16(20)28(37)38)24(18)26(34-30)17-9-5-13-21(23(17)25)31-19-11-3-1-7-15(19)27(35)36/h1-3,5-11,13-14,31-32H,4,12,29-30H2,(H,35,36)(H,37,38)/b33-25+,34-26+. The molecule has 0 radical (unpaired) electrons. The molecule has 2 aliphatic rings. The number of fused-ring (bicyclic) bond motifs is 2. The van der Waals surface area contributed by atoms with E-state index >= 15 is 0 Å². The van der Waals surface area contributed by atoms with E-state index in [1.807, 2.05) is 24.3 Å². The summed E-state index contributed by atoms with van der Waals surface area (Å²) < 4.78 is 0. The number of anilines is 3. The number of aromatic carboxylic acids is 1. The Hall–Kier alpha value is -5.38. The summed E-state index contributed by atoms with van der Waals surface area (Å²) >= 11 is 0. The smallest absolute Gasteiger partial charge is 0.337 e. The number of para-hydroxylation sites is 1. The number of nitrogens with one attached hydrogen (secondary N) is 2. The summed E-state index contributed by atoms with van der Waals surface area (Å²) in [7, 11) is 0. The zero-order valence-electron chi connectivity index (χ0n) is 20.1. The first-order valence-corrected chi connectivity index (χ1v) is 11.8. The lowest BCUT2D eigenvalue weighted by molar-refractivity contribution is -0.132. The summed E-state index contributed by atoms with van der Waals surface area (Å²) in [6.07, 6.45) is 4.66. The maximum absolute atomic E-state index is 11.8. The van der Waals surface area contributed by atoms with Crippen LogP contribution in [0.15, 0.2) is 94.3 Å². The Labute approximate surface area is 217 Å². The minimum Gasteiger partial charge on any atom is -0.478 e. The van der Waals surface area contributed by atoms with Gasteiger partial charge in [-0.3, -0.25) is 0 Å². The molecule has 0 aromatic heterocycles. The molecule has 8 N–H and O–H groups in total. The molecule has 10 heteroatoms. The zero-order valence-corrected chi connectivity index (χ0v) is 20.1. The molecule has 0 fully saturated rings. The molecular weight excluding hydrogens is 484 g/mol. The molecule has 0 unspecified atom stereocenters. The second-order valence-corrected chi connectivity index (χ2v) is 8.65. The van der Waals surface area contributed by atoms with Gasteiger partial charge in [-0.05, 0) is 43.2 Å². The van der Waals surface area contributed by atoms with Crippen molar-refractivity contribution in [2.75, 3.05) is 10.6 Å². The third kappa shape index (κ3) is 4.13. The van der Waals surface area contributed by atoms with E-state index in [1.54, 1.807) is 42.5 Å². The normalized spacial score (nSPS) is 16.2. The second-order valence-electron chi connectivity index (χ2n) is 8.65. The third-order valence-corrected chi connectivity index (χ3v) is 6.48. The van der Waals surface area contributed by atoms with Crippen LogP contribution < -0.4 is 22.3 Å². The zero-order chi connectivity index (χ0) is 26.8. The highest BCUT2D eigenvalue weighted by molar-refractivity contribution is 6.34. The van der Waals surface area contributed by atoms with Crippen LogP contribution in [-0.4, -0.2) is 33.6 Å². The van der Waals surface area contributed by atoms with Crippen molar-refractivity contribution in [3.63, 3.8) is 0 Å². The van der Waals surface area contributed by atoms with Crippen molar-refractivity contribution in [1.29, 1.82) is 0 Å². The SMILES string of the molecule is N/N=C1\c2cccc(Nc3ccccc3C(=O)O)c2/C(=N/N)c2cccc(NC3=C(C(=O)O)C=CCC3)c21. The van der Waals surface area contributed by atoms with Gasteiger partial charge in [-0.1, -0.05) is 42.5 Å². The Kier molecular flexibility index (Phi) is 6.36. The van der Waals surface area contributed by atoms with Crippen molar-refractivity contribution in [2.24, 2.45) is 21.9 Å². The van der Waals surface area contributed by atoms with Gasteiger partial charge < -0.3 is 32.5 Å². The van der Waals surface area contributed by atoms with Crippen molar-refractivity contribution in [3.8, 4) is 0 Å². The molecule has 3 aromatic rings. The molecule has 0 atom stereocenters. The fraction of sp³-hybridized carbons (Fsp3) is 0.0714. The first-order valence-electron chi connectivity index (χ1n) is 11.8. The molecular formula is C28H24N6O4. The van der Waals surface area contributed by atoms with Crippen LogP contribution in [0.4, 0.5) is 17.1 Å². The minimum absolute atomic E-state index is 0.107. The lowest BCUT2D eigenvalue weighted by Crippen LogP contribution is -2.27. The van der Waals surface area contributed by atoms with E-state index in [0.29, 0.717) is 69.3 Å². The van der Waals surface area contributed by atoms with Crippen LogP contribution in [0.3, 0.4) is 0 Å². The molecule has 190 valence electrons. The highest BCUT2D eigenvalue weighted by Crippen LogP contribution is 2.38. The van der Waals surface area contributed by atoms with E-state index in [4.69, 9.17) is 11.7 Å². The summed E-state index contributed by atoms with van der Waals surface area (Å²) in [4.78, 5) is 23.6. The van der Waals surface area contributed by atoms with Gasteiger partial charge in [0.1, 0.15) is 11.4 Å². The highest BCUT2D eigenvalue weighted by atomic mass is 16.4. The van der Waals surface area contributed by atoms with Crippen LogP contribution in [0.2, 0.25) is 0 Å². The van der Waals surface area contributed by atoms with Crippen LogP contribution in [0.1, 0.15) is 45.5 Å². The maximum Gasteiger partial charge on any atom is 0.337 e. The summed E-state index contributed by atoms with van der Waals surface area (Å²) in [5, 5.41) is 34.0. The number of hydrogen-bond donors (Lipinski definition) is 6. The highest BCUT2D eigenvalue weighted by Gasteiger charge is 2.32. The minimum atomic E-state index is -1.07. The van der Waals surface area contributed by atoms with Gasteiger partial charge in [-0.15, -0.1) is 0 Å². The maximum atomic E-state index is 11.8. The lowest BCUT2D eigenvalue weighted by Gasteiger charge is -2.28. The van der Waals surface area contributed by atoms with Crippen LogP contribution >= 0.6 is 0 Å². The molecule has 0 aliphatic heterocycles. The van der Waals surface area contributed by atoms with Gasteiger partial charge in [0.15, 0.2) is 0 Å². The molecule has 5 rings (SSSR count). The van der Waals surface area contributed by atoms with Crippen LogP contribution in [0.25, 0.3) is 0 Å². The number of carboxylic acid groups (broad SMARTS) is 2. The molecule has 0 saturated heterocycles. The predicted molar refractivity (Wildman–Crippen MR) is 146 cm³/mol. The topological polar surface area (TPSA) is 175 Å². The number of aliphatic carboxylic acids is 1. The lowest BCUT2D eigenvalue weighted by atomic mass is 9.81. The largest absolute Gasteiger partial charge is 0.478 e. The van der Waals surface area contributed by atoms with Crippen molar-refractivity contribution in [3.05, 3.63) is 112 Å². The van der Waals surface area contributed by atoms with Gasteiger partial charge in [0.05, 0.1) is 16.8 Å². The molecule has 2 aliphatic carbocycles. The fourth-order valence-corrected chi connectivity index (χ4v) is 4.84. The third-order valence-electron chi connectivity index (χ3n) is 6.48. The fourth-order valence-electron chi connectivity index (χ4n) is 4.84. The van der Waals surface area contributed by atoms with Crippen LogP contribution in [0, 0.1) is 0 Å². The summed E-state index contributed by atoms with van der Waals surface area (Å²) in [5.41, 5.74) is 5.84. The number of rotatable bonds is 6. The van der Waals surface area contributed by atoms with Gasteiger partial charge in [0.25, 0.3) is 0 Å². The Bertz CT molecular complexity index is 1600. The number of carboxylic acids is 2. The Morgan fingerprint density at radius 2 is 1.32 bits per heavy atom. The number of hydrazone groups is 2. The summed E-state index contributed by atoms with van der Waals surface area (Å²) in [6.45, 7) is 0. The molecule has 0 spiro atoms. The molecule has 0 saturated carbocycles. The van der Waals surface area contributed by atoms with E-state index in [2.05, 4.69) is 20.8 Å². The Morgan fingerprint density at radius 1 is 0.737 bits per heavy atom. The number of hydrogen-bond acceptors (Lipinski definition) is 8. The molecule has 0 amide bonds. The average molecular weight is 509 g/mol. The van der Waals surface area contributed by atoms with E-state index in [0.717, 1.165) is 0 Å². The van der Waals surface area contributed by atoms with Crippen molar-refractivity contribution in [2.45, 2.75) is 12.8 Å². The Morgan fingerprint density at radius 3 is 1.89 bits per heavy atom. The van der Waals surface area contributed by atoms with Crippen LogP contribution in [0.5, 0.6) is 0 Å². The monoisotopic (exact) mass is 508 g/mol. The quantitative estimate of drug-likeness (QED) is 0.167. The first-order chi connectivity index (χ1) is 18.4. The molecule has 0 bridgehead atoms. The van der Waals surface area contributed by atoms with Crippen molar-refractivity contribution in [1.82, 2.24) is 0 Å². The number of nitrogens with zero attached hydrogens (tertiary/aromatic N) is 2. The van der Waals surface area contributed by atoms with Gasteiger partial charge >= 0.3 is 11.9 Å². The van der Waals surface area contributed by atoms with Crippen LogP contribution in [-0.2, 0) is 4.79 Å². The average Bonchev–Trinajstić information content (AvgIpc) is 2.92. The summed E-state index contributed by atoms with van der Waals surface area (Å²) in [6, 6.07) is 17.4. The van der Waals surface area contributed by atoms with Gasteiger partial charge in [-0.25, -0.2) is 9.59 Å². The van der Waals surface area contributed by atoms with Gasteiger partial charge in [0, 0.05) is 39.3 Å². The summed E-state index contributed by atoms with van der Waals surface area (Å²) in [5.74, 6) is 9.79. The van der Waals surface area contributed by atoms with Crippen molar-refractivity contribution < 1.29 is 19.8 Å². The predicted octanol–water partition coefficient (Wildman–Crippen LogP) is 3.96. The number of carbonyl (C=O) groups is 2. The van der Waals surface area contributed by atoms with Crippen molar-refractivity contribution >= 4 is 40.4 Å².